The molecule has 1 heterocycles. The Labute approximate surface area is 167 Å². The second-order valence-electron chi connectivity index (χ2n) is 6.66. The van der Waals surface area contributed by atoms with Crippen LogP contribution < -0.4 is 4.74 Å². The van der Waals surface area contributed by atoms with Gasteiger partial charge in [0, 0.05) is 10.3 Å². The average Bonchev–Trinajstić information content (AvgIpc) is 3.16. The van der Waals surface area contributed by atoms with E-state index in [2.05, 4.69) is 0 Å². The van der Waals surface area contributed by atoms with Gasteiger partial charge in [-0.15, -0.1) is 11.8 Å². The van der Waals surface area contributed by atoms with Crippen LogP contribution in [0.5, 0.6) is 5.75 Å². The lowest BCUT2D eigenvalue weighted by Gasteiger charge is -2.21. The molecule has 3 rings (SSSR count). The molecule has 0 aliphatic carbocycles. The summed E-state index contributed by atoms with van der Waals surface area (Å²) < 4.78 is 11.0. The van der Waals surface area contributed by atoms with Crippen molar-refractivity contribution < 1.29 is 23.8 Å². The molecule has 0 unspecified atom stereocenters. The van der Waals surface area contributed by atoms with E-state index >= 15 is 0 Å². The molecular formula is C22H20O5S. The molecule has 0 aliphatic rings. The summed E-state index contributed by atoms with van der Waals surface area (Å²) in [4.78, 5) is 24.8. The van der Waals surface area contributed by atoms with Gasteiger partial charge in [-0.2, -0.15) is 0 Å². The molecule has 2 aromatic carbocycles. The number of furan rings is 1. The summed E-state index contributed by atoms with van der Waals surface area (Å²) in [5.74, 6) is -0.750. The first kappa shape index (κ1) is 19.8. The number of ketones is 1. The Kier molecular flexibility index (Phi) is 5.61. The van der Waals surface area contributed by atoms with E-state index in [0.29, 0.717) is 16.9 Å². The number of carbonyl (C=O) groups is 2. The fraction of sp³-hybridized carbons (Fsp3) is 0.182. The molecule has 1 N–H and O–H groups in total. The van der Waals surface area contributed by atoms with Crippen molar-refractivity contribution in [3.05, 3.63) is 65.9 Å². The zero-order chi connectivity index (χ0) is 20.3. The van der Waals surface area contributed by atoms with E-state index < -0.39 is 11.6 Å². The number of aliphatic carboxylic acids is 1. The Bertz CT molecular complexity index is 1040. The number of benzene rings is 2. The maximum absolute atomic E-state index is 12.6. The summed E-state index contributed by atoms with van der Waals surface area (Å²) >= 11 is 1.60. The predicted molar refractivity (Wildman–Crippen MR) is 110 cm³/mol. The molecule has 0 saturated heterocycles. The zero-order valence-electron chi connectivity index (χ0n) is 15.8. The van der Waals surface area contributed by atoms with Gasteiger partial charge in [-0.1, -0.05) is 18.2 Å². The zero-order valence-corrected chi connectivity index (χ0v) is 16.6. The van der Waals surface area contributed by atoms with Gasteiger partial charge in [-0.25, -0.2) is 4.79 Å². The van der Waals surface area contributed by atoms with E-state index in [1.165, 1.54) is 19.9 Å². The van der Waals surface area contributed by atoms with Crippen molar-refractivity contribution in [2.75, 3.05) is 6.26 Å². The first-order chi connectivity index (χ1) is 13.3. The van der Waals surface area contributed by atoms with Crippen molar-refractivity contribution in [1.82, 2.24) is 0 Å². The van der Waals surface area contributed by atoms with Crippen molar-refractivity contribution in [2.24, 2.45) is 0 Å². The van der Waals surface area contributed by atoms with Gasteiger partial charge in [-0.05, 0) is 62.1 Å². The lowest BCUT2D eigenvalue weighted by Crippen LogP contribution is -2.37. The van der Waals surface area contributed by atoms with E-state index in [1.807, 2.05) is 18.4 Å². The molecular weight excluding hydrogens is 376 g/mol. The van der Waals surface area contributed by atoms with Crippen molar-refractivity contribution in [3.63, 3.8) is 0 Å². The smallest absolute Gasteiger partial charge is 0.347 e. The van der Waals surface area contributed by atoms with Crippen molar-refractivity contribution in [2.45, 2.75) is 24.3 Å². The Hall–Kier alpha value is -2.99. The Morgan fingerprint density at radius 3 is 2.46 bits per heavy atom. The topological polar surface area (TPSA) is 76.7 Å². The van der Waals surface area contributed by atoms with Crippen LogP contribution in [0.1, 0.15) is 29.8 Å². The standard InChI is InChI=1S/C22H20O5S/c1-22(2,21(24)25)27-15-7-4-14(5-8-15)6-10-18(23)16-9-11-19(28-3)17-12-13-26-20(16)17/h4-13H,1-3H3,(H,24,25)/b10-6+. The van der Waals surface area contributed by atoms with E-state index in [1.54, 1.807) is 54.4 Å². The Morgan fingerprint density at radius 1 is 1.11 bits per heavy atom. The summed E-state index contributed by atoms with van der Waals surface area (Å²) in [6, 6.07) is 12.4. The molecule has 0 bridgehead atoms. The van der Waals surface area contributed by atoms with E-state index in [0.717, 1.165) is 15.8 Å². The third-order valence-electron chi connectivity index (χ3n) is 4.26. The van der Waals surface area contributed by atoms with Crippen LogP contribution in [0.4, 0.5) is 0 Å². The molecule has 1 aromatic heterocycles. The summed E-state index contributed by atoms with van der Waals surface area (Å²) in [5, 5.41) is 10.0. The number of hydrogen-bond acceptors (Lipinski definition) is 5. The molecule has 6 heteroatoms. The normalized spacial score (nSPS) is 11.8. The third kappa shape index (κ3) is 4.12. The monoisotopic (exact) mass is 396 g/mol. The Morgan fingerprint density at radius 2 is 1.82 bits per heavy atom. The van der Waals surface area contributed by atoms with E-state index in [9.17, 15) is 9.59 Å². The molecule has 0 spiro atoms. The van der Waals surface area contributed by atoms with Gasteiger partial charge in [0.1, 0.15) is 11.3 Å². The van der Waals surface area contributed by atoms with Crippen LogP contribution in [0.25, 0.3) is 17.0 Å². The van der Waals surface area contributed by atoms with Crippen molar-refractivity contribution in [1.29, 1.82) is 0 Å². The third-order valence-corrected chi connectivity index (χ3v) is 5.05. The van der Waals surface area contributed by atoms with Crippen LogP contribution in [-0.2, 0) is 4.79 Å². The van der Waals surface area contributed by atoms with Crippen molar-refractivity contribution >= 4 is 40.6 Å². The van der Waals surface area contributed by atoms with E-state index in [-0.39, 0.29) is 5.78 Å². The highest BCUT2D eigenvalue weighted by atomic mass is 32.2. The predicted octanol–water partition coefficient (Wildman–Crippen LogP) is 5.29. The number of rotatable bonds is 7. The molecule has 0 fully saturated rings. The summed E-state index contributed by atoms with van der Waals surface area (Å²) in [5.41, 5.74) is 0.577. The highest BCUT2D eigenvalue weighted by Gasteiger charge is 2.29. The largest absolute Gasteiger partial charge is 0.478 e. The highest BCUT2D eigenvalue weighted by Crippen LogP contribution is 2.30. The Balaban J connectivity index is 1.76. The van der Waals surface area contributed by atoms with Crippen LogP contribution in [-0.4, -0.2) is 28.7 Å². The number of carbonyl (C=O) groups excluding carboxylic acids is 1. The highest BCUT2D eigenvalue weighted by molar-refractivity contribution is 7.98. The summed E-state index contributed by atoms with van der Waals surface area (Å²) in [7, 11) is 0. The molecule has 0 radical (unpaired) electrons. The number of hydrogen-bond donors (Lipinski definition) is 1. The van der Waals surface area contributed by atoms with Gasteiger partial charge >= 0.3 is 5.97 Å². The average molecular weight is 396 g/mol. The van der Waals surface area contributed by atoms with Crippen LogP contribution in [0.2, 0.25) is 0 Å². The lowest BCUT2D eigenvalue weighted by molar-refractivity contribution is -0.152. The number of fused-ring (bicyclic) bond motifs is 1. The summed E-state index contributed by atoms with van der Waals surface area (Å²) in [6.07, 6.45) is 6.76. The number of carboxylic acids is 1. The van der Waals surface area contributed by atoms with E-state index in [4.69, 9.17) is 14.3 Å². The molecule has 0 saturated carbocycles. The second-order valence-corrected chi connectivity index (χ2v) is 7.51. The van der Waals surface area contributed by atoms with Gasteiger partial charge in [-0.3, -0.25) is 4.79 Å². The van der Waals surface area contributed by atoms with Gasteiger partial charge < -0.3 is 14.3 Å². The van der Waals surface area contributed by atoms with Gasteiger partial charge in [0.2, 0.25) is 0 Å². The number of carboxylic acid groups (broad SMARTS) is 1. The van der Waals surface area contributed by atoms with Crippen LogP contribution in [0.15, 0.2) is 64.1 Å². The van der Waals surface area contributed by atoms with Gasteiger partial charge in [0.25, 0.3) is 0 Å². The molecule has 0 aliphatic heterocycles. The minimum atomic E-state index is -1.31. The summed E-state index contributed by atoms with van der Waals surface area (Å²) in [6.45, 7) is 2.97. The SMILES string of the molecule is CSc1ccc(C(=O)/C=C/c2ccc(OC(C)(C)C(=O)O)cc2)c2occc12. The minimum absolute atomic E-state index is 0.153. The molecule has 0 atom stereocenters. The van der Waals surface area contributed by atoms with Gasteiger partial charge in [0.15, 0.2) is 11.4 Å². The molecule has 144 valence electrons. The quantitative estimate of drug-likeness (QED) is 0.332. The number of allylic oxidation sites excluding steroid dienone is 1. The lowest BCUT2D eigenvalue weighted by atomic mass is 10.1. The molecule has 5 nitrogen and oxygen atoms in total. The fourth-order valence-electron chi connectivity index (χ4n) is 2.66. The molecule has 28 heavy (non-hydrogen) atoms. The van der Waals surface area contributed by atoms with Crippen LogP contribution in [0, 0.1) is 0 Å². The second kappa shape index (κ2) is 7.94. The number of ether oxygens (including phenoxy) is 1. The first-order valence-corrected chi connectivity index (χ1v) is 9.83. The van der Waals surface area contributed by atoms with Crippen LogP contribution >= 0.6 is 11.8 Å². The van der Waals surface area contributed by atoms with Gasteiger partial charge in [0.05, 0.1) is 11.8 Å². The number of thioether (sulfide) groups is 1. The van der Waals surface area contributed by atoms with Crippen LogP contribution in [0.3, 0.4) is 0 Å². The van der Waals surface area contributed by atoms with Crippen molar-refractivity contribution in [3.8, 4) is 5.75 Å². The minimum Gasteiger partial charge on any atom is -0.478 e. The maximum atomic E-state index is 12.6. The molecule has 3 aromatic rings. The maximum Gasteiger partial charge on any atom is 0.347 e. The first-order valence-electron chi connectivity index (χ1n) is 8.61. The molecule has 0 amide bonds. The fourth-order valence-corrected chi connectivity index (χ4v) is 3.24.